The monoisotopic (exact) mass is 316 g/mol. The van der Waals surface area contributed by atoms with Crippen molar-refractivity contribution < 1.29 is 23.0 Å². The van der Waals surface area contributed by atoms with Gasteiger partial charge < -0.3 is 14.9 Å². The molecule has 22 heavy (non-hydrogen) atoms. The molecule has 1 heterocycles. The van der Waals surface area contributed by atoms with Crippen molar-refractivity contribution in [2.24, 2.45) is 0 Å². The van der Waals surface area contributed by atoms with Crippen LogP contribution in [0.25, 0.3) is 0 Å². The van der Waals surface area contributed by atoms with Crippen molar-refractivity contribution in [3.8, 4) is 5.75 Å². The largest absolute Gasteiger partial charge is 0.573 e. The molecule has 1 N–H and O–H groups in total. The number of aryl methyl sites for hydroxylation is 1. The van der Waals surface area contributed by atoms with Crippen LogP contribution in [0.3, 0.4) is 0 Å². The molecule has 0 amide bonds. The van der Waals surface area contributed by atoms with E-state index in [-0.39, 0.29) is 12.4 Å². The number of hydrogen-bond acceptors (Lipinski definition) is 4. The number of hydrazine groups is 1. The van der Waals surface area contributed by atoms with Crippen molar-refractivity contribution >= 4 is 0 Å². The van der Waals surface area contributed by atoms with Crippen molar-refractivity contribution in [2.75, 3.05) is 19.7 Å². The average Bonchev–Trinajstić information content (AvgIpc) is 2.85. The number of aliphatic hydroxyl groups excluding tert-OH is 1. The number of benzene rings is 1. The Kier molecular flexibility index (Phi) is 5.31. The molecule has 7 heteroatoms. The Morgan fingerprint density at radius 2 is 2.09 bits per heavy atom. The zero-order chi connectivity index (χ0) is 16.2. The Bertz CT molecular complexity index is 532. The predicted molar refractivity (Wildman–Crippen MR) is 75.8 cm³/mol. The third kappa shape index (κ3) is 4.64. The molecular formula is C15H19F3N2O2. The molecule has 0 radical (unpaired) electrons. The second-order valence-corrected chi connectivity index (χ2v) is 5.12. The van der Waals surface area contributed by atoms with Crippen LogP contribution in [0, 0.1) is 6.92 Å². The van der Waals surface area contributed by atoms with Gasteiger partial charge in [0.15, 0.2) is 0 Å². The molecule has 1 aromatic carbocycles. The van der Waals surface area contributed by atoms with E-state index < -0.39 is 6.36 Å². The molecule has 122 valence electrons. The lowest BCUT2D eigenvalue weighted by atomic mass is 10.1. The number of alkyl halides is 3. The van der Waals surface area contributed by atoms with Gasteiger partial charge in [0.2, 0.25) is 0 Å². The lowest BCUT2D eigenvalue weighted by molar-refractivity contribution is -0.274. The van der Waals surface area contributed by atoms with Crippen molar-refractivity contribution in [3.05, 3.63) is 41.6 Å². The number of nitrogens with zero attached hydrogens (tertiary/aromatic N) is 2. The highest BCUT2D eigenvalue weighted by molar-refractivity contribution is 5.36. The van der Waals surface area contributed by atoms with E-state index in [9.17, 15) is 13.2 Å². The second-order valence-electron chi connectivity index (χ2n) is 5.12. The quantitative estimate of drug-likeness (QED) is 0.875. The highest BCUT2D eigenvalue weighted by Gasteiger charge is 2.31. The Balaban J connectivity index is 2.00. The van der Waals surface area contributed by atoms with Gasteiger partial charge in [0.1, 0.15) is 5.75 Å². The van der Waals surface area contributed by atoms with E-state index in [1.54, 1.807) is 19.1 Å². The molecule has 0 saturated carbocycles. The summed E-state index contributed by atoms with van der Waals surface area (Å²) in [6.45, 7) is 3.76. The molecule has 0 bridgehead atoms. The highest BCUT2D eigenvalue weighted by Crippen LogP contribution is 2.27. The zero-order valence-electron chi connectivity index (χ0n) is 12.3. The molecule has 0 fully saturated rings. The first-order chi connectivity index (χ1) is 10.4. The average molecular weight is 316 g/mol. The van der Waals surface area contributed by atoms with E-state index >= 15 is 0 Å². The van der Waals surface area contributed by atoms with Crippen LogP contribution in [-0.2, 0) is 6.54 Å². The normalized spacial score (nSPS) is 15.6. The third-order valence-electron chi connectivity index (χ3n) is 3.33. The molecule has 0 aliphatic carbocycles. The summed E-state index contributed by atoms with van der Waals surface area (Å²) in [7, 11) is 0. The minimum Gasteiger partial charge on any atom is -0.406 e. The van der Waals surface area contributed by atoms with E-state index in [1.807, 2.05) is 17.3 Å². The molecule has 0 unspecified atom stereocenters. The molecule has 4 nitrogen and oxygen atoms in total. The Morgan fingerprint density at radius 1 is 1.32 bits per heavy atom. The molecular weight excluding hydrogens is 297 g/mol. The summed E-state index contributed by atoms with van der Waals surface area (Å²) in [6, 6.07) is 4.68. The molecule has 0 aromatic heterocycles. The molecule has 1 aliphatic rings. The van der Waals surface area contributed by atoms with Crippen LogP contribution in [0.1, 0.15) is 17.5 Å². The van der Waals surface area contributed by atoms with Crippen LogP contribution in [0.4, 0.5) is 13.2 Å². The number of ether oxygens (including phenoxy) is 1. The molecule has 0 saturated heterocycles. The van der Waals surface area contributed by atoms with Crippen molar-refractivity contribution in [1.29, 1.82) is 0 Å². The summed E-state index contributed by atoms with van der Waals surface area (Å²) in [5.41, 5.74) is 1.36. The summed E-state index contributed by atoms with van der Waals surface area (Å²) in [5, 5.41) is 13.0. The van der Waals surface area contributed by atoms with E-state index in [0.717, 1.165) is 12.1 Å². The third-order valence-corrected chi connectivity index (χ3v) is 3.33. The standard InChI is InChI=1S/C15H19F3N2O2/c1-12-10-13(4-5-14(12)22-15(16,17)18)11-20-7-2-6-19(20)8-3-9-21/h2,4-6,10,21H,3,7-9,11H2,1H3. The molecule has 1 aromatic rings. The fourth-order valence-electron chi connectivity index (χ4n) is 2.35. The fraction of sp³-hybridized carbons (Fsp3) is 0.467. The summed E-state index contributed by atoms with van der Waals surface area (Å²) in [4.78, 5) is 0. The molecule has 0 spiro atoms. The van der Waals surface area contributed by atoms with Gasteiger partial charge in [0.25, 0.3) is 0 Å². The Morgan fingerprint density at radius 3 is 2.73 bits per heavy atom. The van der Waals surface area contributed by atoms with Gasteiger partial charge in [-0.05, 0) is 30.5 Å². The first kappa shape index (κ1) is 16.6. The predicted octanol–water partition coefficient (Wildman–Crippen LogP) is 2.82. The first-order valence-corrected chi connectivity index (χ1v) is 7.03. The van der Waals surface area contributed by atoms with Gasteiger partial charge in [-0.2, -0.15) is 0 Å². The summed E-state index contributed by atoms with van der Waals surface area (Å²) >= 11 is 0. The molecule has 0 atom stereocenters. The van der Waals surface area contributed by atoms with Crippen LogP contribution < -0.4 is 4.74 Å². The van der Waals surface area contributed by atoms with Crippen LogP contribution in [0.15, 0.2) is 30.5 Å². The van der Waals surface area contributed by atoms with E-state index in [2.05, 4.69) is 9.75 Å². The molecule has 1 aliphatic heterocycles. The van der Waals surface area contributed by atoms with Crippen LogP contribution >= 0.6 is 0 Å². The van der Waals surface area contributed by atoms with Gasteiger partial charge in [-0.3, -0.25) is 0 Å². The van der Waals surface area contributed by atoms with Gasteiger partial charge in [0.05, 0.1) is 0 Å². The molecule has 2 rings (SSSR count). The zero-order valence-corrected chi connectivity index (χ0v) is 12.3. The van der Waals surface area contributed by atoms with E-state index in [0.29, 0.717) is 25.1 Å². The summed E-state index contributed by atoms with van der Waals surface area (Å²) < 4.78 is 40.7. The number of halogens is 3. The van der Waals surface area contributed by atoms with Crippen molar-refractivity contribution in [1.82, 2.24) is 10.0 Å². The highest BCUT2D eigenvalue weighted by atomic mass is 19.4. The number of hydrogen-bond donors (Lipinski definition) is 1. The van der Waals surface area contributed by atoms with Gasteiger partial charge in [-0.25, -0.2) is 5.01 Å². The maximum atomic E-state index is 12.3. The van der Waals surface area contributed by atoms with Gasteiger partial charge >= 0.3 is 6.36 Å². The Labute approximate surface area is 127 Å². The minimum atomic E-state index is -4.67. The van der Waals surface area contributed by atoms with Crippen LogP contribution in [-0.4, -0.2) is 41.2 Å². The Hall–Kier alpha value is -1.73. The van der Waals surface area contributed by atoms with Gasteiger partial charge in [-0.1, -0.05) is 18.2 Å². The minimum absolute atomic E-state index is 0.126. The number of rotatable bonds is 6. The maximum Gasteiger partial charge on any atom is 0.573 e. The number of aliphatic hydroxyl groups is 1. The van der Waals surface area contributed by atoms with Gasteiger partial charge in [0, 0.05) is 32.4 Å². The summed E-state index contributed by atoms with van der Waals surface area (Å²) in [6.07, 6.45) is -0.0561. The topological polar surface area (TPSA) is 35.9 Å². The fourth-order valence-corrected chi connectivity index (χ4v) is 2.35. The van der Waals surface area contributed by atoms with Crippen molar-refractivity contribution in [3.63, 3.8) is 0 Å². The summed E-state index contributed by atoms with van der Waals surface area (Å²) in [5.74, 6) is -0.173. The van der Waals surface area contributed by atoms with Crippen LogP contribution in [0.5, 0.6) is 5.75 Å². The maximum absolute atomic E-state index is 12.3. The van der Waals surface area contributed by atoms with E-state index in [1.165, 1.54) is 6.07 Å². The van der Waals surface area contributed by atoms with Crippen LogP contribution in [0.2, 0.25) is 0 Å². The van der Waals surface area contributed by atoms with E-state index in [4.69, 9.17) is 5.11 Å². The second kappa shape index (κ2) is 7.02. The SMILES string of the molecule is Cc1cc(CN2CC=CN2CCCO)ccc1OC(F)(F)F. The smallest absolute Gasteiger partial charge is 0.406 e. The first-order valence-electron chi connectivity index (χ1n) is 7.03. The van der Waals surface area contributed by atoms with Gasteiger partial charge in [-0.15, -0.1) is 13.2 Å². The van der Waals surface area contributed by atoms with Crippen molar-refractivity contribution in [2.45, 2.75) is 26.3 Å². The lowest BCUT2D eigenvalue weighted by Gasteiger charge is -2.29. The lowest BCUT2D eigenvalue weighted by Crippen LogP contribution is -2.35.